The predicted octanol–water partition coefficient (Wildman–Crippen LogP) is 1.72. The Kier molecular flexibility index (Phi) is 1.97. The molecule has 0 radical (unpaired) electrons. The number of benzene rings is 1. The molecule has 1 nitrogen and oxygen atoms in total. The summed E-state index contributed by atoms with van der Waals surface area (Å²) >= 11 is 0.577. The van der Waals surface area contributed by atoms with Gasteiger partial charge in [-0.1, -0.05) is 0 Å². The zero-order valence-electron chi connectivity index (χ0n) is 7.68. The standard InChI is InChI=1S/C12H11NSe/c1-3-7-11-9(5-1)13-10-6-2-4-8-12(10)14-11/h1-9,11,13H. The Morgan fingerprint density at radius 2 is 1.93 bits per heavy atom. The average molecular weight is 248 g/mol. The SMILES string of the molecule is C1=CC2Nc3ccccc3[Se]C2C=C1. The summed E-state index contributed by atoms with van der Waals surface area (Å²) in [4.78, 5) is 0.697. The third-order valence-corrected chi connectivity index (χ3v) is 5.35. The summed E-state index contributed by atoms with van der Waals surface area (Å²) in [6.45, 7) is 0. The van der Waals surface area contributed by atoms with E-state index in [-0.39, 0.29) is 0 Å². The minimum absolute atomic E-state index is 0.523. The molecular formula is C12H11NSe. The molecule has 0 aromatic heterocycles. The van der Waals surface area contributed by atoms with Gasteiger partial charge in [0.2, 0.25) is 0 Å². The van der Waals surface area contributed by atoms with E-state index < -0.39 is 0 Å². The van der Waals surface area contributed by atoms with Crippen LogP contribution in [0.2, 0.25) is 4.82 Å². The van der Waals surface area contributed by atoms with Crippen LogP contribution < -0.4 is 9.78 Å². The molecule has 1 aliphatic heterocycles. The van der Waals surface area contributed by atoms with Gasteiger partial charge in [0.25, 0.3) is 0 Å². The van der Waals surface area contributed by atoms with Gasteiger partial charge in [0.05, 0.1) is 0 Å². The van der Waals surface area contributed by atoms with Gasteiger partial charge in [-0.3, -0.25) is 0 Å². The summed E-state index contributed by atoms with van der Waals surface area (Å²) in [5, 5.41) is 3.58. The molecule has 2 aliphatic rings. The molecule has 0 fully saturated rings. The van der Waals surface area contributed by atoms with Crippen molar-refractivity contribution in [3.63, 3.8) is 0 Å². The second-order valence-electron chi connectivity index (χ2n) is 3.52. The van der Waals surface area contributed by atoms with Crippen molar-refractivity contribution in [3.8, 4) is 0 Å². The van der Waals surface area contributed by atoms with Gasteiger partial charge >= 0.3 is 89.9 Å². The van der Waals surface area contributed by atoms with Crippen molar-refractivity contribution in [1.29, 1.82) is 0 Å². The summed E-state index contributed by atoms with van der Waals surface area (Å²) in [5.41, 5.74) is 1.33. The summed E-state index contributed by atoms with van der Waals surface area (Å²) in [5.74, 6) is 0. The van der Waals surface area contributed by atoms with Crippen LogP contribution in [0.3, 0.4) is 0 Å². The number of fused-ring (bicyclic) bond motifs is 2. The molecule has 3 rings (SSSR count). The van der Waals surface area contributed by atoms with Crippen molar-refractivity contribution in [2.75, 3.05) is 5.32 Å². The van der Waals surface area contributed by atoms with E-state index in [1.807, 2.05) is 0 Å². The zero-order chi connectivity index (χ0) is 9.38. The van der Waals surface area contributed by atoms with Crippen LogP contribution in [0.4, 0.5) is 5.69 Å². The first-order valence-electron chi connectivity index (χ1n) is 4.81. The molecular weight excluding hydrogens is 237 g/mol. The van der Waals surface area contributed by atoms with Crippen molar-refractivity contribution in [2.24, 2.45) is 0 Å². The van der Waals surface area contributed by atoms with Crippen molar-refractivity contribution in [2.45, 2.75) is 10.9 Å². The molecule has 0 saturated heterocycles. The molecule has 0 spiro atoms. The van der Waals surface area contributed by atoms with Gasteiger partial charge in [0, 0.05) is 0 Å². The third-order valence-electron chi connectivity index (χ3n) is 2.56. The first kappa shape index (κ1) is 8.34. The van der Waals surface area contributed by atoms with E-state index in [4.69, 9.17) is 0 Å². The predicted molar refractivity (Wildman–Crippen MR) is 61.3 cm³/mol. The summed E-state index contributed by atoms with van der Waals surface area (Å²) < 4.78 is 1.50. The van der Waals surface area contributed by atoms with E-state index in [1.54, 1.807) is 0 Å². The molecule has 2 atom stereocenters. The summed E-state index contributed by atoms with van der Waals surface area (Å²) in [6, 6.07) is 9.18. The van der Waals surface area contributed by atoms with Gasteiger partial charge in [0.15, 0.2) is 0 Å². The van der Waals surface area contributed by atoms with Crippen LogP contribution in [-0.4, -0.2) is 21.0 Å². The normalized spacial score (nSPS) is 27.7. The molecule has 2 heteroatoms. The van der Waals surface area contributed by atoms with Crippen LogP contribution in [0.15, 0.2) is 48.6 Å². The van der Waals surface area contributed by atoms with E-state index in [1.165, 1.54) is 10.1 Å². The Balaban J connectivity index is 2.00. The molecule has 0 bridgehead atoms. The van der Waals surface area contributed by atoms with E-state index in [0.29, 0.717) is 25.8 Å². The molecule has 0 saturated carbocycles. The quantitative estimate of drug-likeness (QED) is 0.689. The Bertz CT molecular complexity index is 370. The monoisotopic (exact) mass is 249 g/mol. The molecule has 2 unspecified atom stereocenters. The number of nitrogens with one attached hydrogen (secondary N) is 1. The van der Waals surface area contributed by atoms with Crippen LogP contribution in [0, 0.1) is 0 Å². The van der Waals surface area contributed by atoms with Crippen molar-refractivity contribution in [1.82, 2.24) is 0 Å². The fourth-order valence-electron chi connectivity index (χ4n) is 1.84. The van der Waals surface area contributed by atoms with E-state index >= 15 is 0 Å². The molecule has 1 aliphatic carbocycles. The molecule has 1 heterocycles. The summed E-state index contributed by atoms with van der Waals surface area (Å²) in [6.07, 6.45) is 8.90. The van der Waals surface area contributed by atoms with Gasteiger partial charge in [-0.15, -0.1) is 0 Å². The second-order valence-corrected chi connectivity index (χ2v) is 6.08. The number of hydrogen-bond acceptors (Lipinski definition) is 1. The van der Waals surface area contributed by atoms with Crippen LogP contribution >= 0.6 is 0 Å². The van der Waals surface area contributed by atoms with Gasteiger partial charge in [-0.2, -0.15) is 0 Å². The molecule has 0 amide bonds. The molecule has 14 heavy (non-hydrogen) atoms. The van der Waals surface area contributed by atoms with Gasteiger partial charge in [-0.05, 0) is 0 Å². The first-order chi connectivity index (χ1) is 6.93. The van der Waals surface area contributed by atoms with Crippen LogP contribution in [0.25, 0.3) is 0 Å². The number of hydrogen-bond donors (Lipinski definition) is 1. The fourth-order valence-corrected chi connectivity index (χ4v) is 4.32. The van der Waals surface area contributed by atoms with Crippen LogP contribution in [-0.2, 0) is 0 Å². The Morgan fingerprint density at radius 1 is 1.07 bits per heavy atom. The molecule has 1 aromatic carbocycles. The number of anilines is 1. The maximum atomic E-state index is 3.58. The Hall–Kier alpha value is -0.981. The number of rotatable bonds is 0. The van der Waals surface area contributed by atoms with Crippen molar-refractivity contribution >= 4 is 25.1 Å². The molecule has 1 N–H and O–H groups in total. The second kappa shape index (κ2) is 3.30. The number of para-hydroxylation sites is 1. The molecule has 1 aromatic rings. The topological polar surface area (TPSA) is 12.0 Å². The van der Waals surface area contributed by atoms with Gasteiger partial charge in [-0.25, -0.2) is 0 Å². The van der Waals surface area contributed by atoms with Crippen molar-refractivity contribution in [3.05, 3.63) is 48.6 Å². The van der Waals surface area contributed by atoms with Crippen LogP contribution in [0.1, 0.15) is 0 Å². The average Bonchev–Trinajstić information content (AvgIpc) is 2.26. The fraction of sp³-hybridized carbons (Fsp3) is 0.167. The maximum absolute atomic E-state index is 3.58. The van der Waals surface area contributed by atoms with E-state index in [9.17, 15) is 0 Å². The number of allylic oxidation sites excluding steroid dienone is 2. The molecule has 70 valence electrons. The van der Waals surface area contributed by atoms with E-state index in [2.05, 4.69) is 53.9 Å². The van der Waals surface area contributed by atoms with Gasteiger partial charge < -0.3 is 0 Å². The van der Waals surface area contributed by atoms with Crippen LogP contribution in [0.5, 0.6) is 0 Å². The summed E-state index contributed by atoms with van der Waals surface area (Å²) in [7, 11) is 0. The third kappa shape index (κ3) is 1.31. The van der Waals surface area contributed by atoms with Crippen molar-refractivity contribution < 1.29 is 0 Å². The van der Waals surface area contributed by atoms with Gasteiger partial charge in [0.1, 0.15) is 0 Å². The Labute approximate surface area is 90.1 Å². The minimum atomic E-state index is 0.523. The van der Waals surface area contributed by atoms with E-state index in [0.717, 1.165) is 0 Å². The first-order valence-corrected chi connectivity index (χ1v) is 6.65. The zero-order valence-corrected chi connectivity index (χ0v) is 9.39. The Morgan fingerprint density at radius 3 is 2.93 bits per heavy atom.